The van der Waals surface area contributed by atoms with Gasteiger partial charge in [-0.15, -0.1) is 35.3 Å². The molecule has 1 rings (SSSR count). The minimum Gasteiger partial charge on any atom is -0.466 e. The molecule has 132 valence electrons. The van der Waals surface area contributed by atoms with Crippen molar-refractivity contribution in [1.82, 2.24) is 15.6 Å². The van der Waals surface area contributed by atoms with Crippen LogP contribution in [0.1, 0.15) is 36.6 Å². The molecule has 0 atom stereocenters. The van der Waals surface area contributed by atoms with E-state index in [9.17, 15) is 4.79 Å². The second-order valence-corrected chi connectivity index (χ2v) is 6.03. The first-order valence-electron chi connectivity index (χ1n) is 7.74. The average Bonchev–Trinajstić information content (AvgIpc) is 2.89. The maximum atomic E-state index is 11.2. The van der Waals surface area contributed by atoms with Gasteiger partial charge in [0.2, 0.25) is 0 Å². The van der Waals surface area contributed by atoms with E-state index in [0.29, 0.717) is 26.0 Å². The molecule has 0 amide bonds. The van der Waals surface area contributed by atoms with E-state index in [1.165, 1.54) is 4.88 Å². The summed E-state index contributed by atoms with van der Waals surface area (Å²) in [5, 5.41) is 7.60. The lowest BCUT2D eigenvalue weighted by Crippen LogP contribution is -2.38. The number of carbonyl (C=O) groups is 1. The smallest absolute Gasteiger partial charge is 0.305 e. The Morgan fingerprint density at radius 2 is 2.17 bits per heavy atom. The molecular formula is C15H27IN4O2S. The van der Waals surface area contributed by atoms with Crippen molar-refractivity contribution in [1.29, 1.82) is 0 Å². The van der Waals surface area contributed by atoms with Crippen molar-refractivity contribution >= 4 is 47.2 Å². The number of carbonyl (C=O) groups excluding carboxylic acids is 1. The zero-order valence-electron chi connectivity index (χ0n) is 14.1. The first kappa shape index (κ1) is 22.1. The average molecular weight is 454 g/mol. The summed E-state index contributed by atoms with van der Waals surface area (Å²) >= 11 is 1.72. The number of hydrogen-bond donors (Lipinski definition) is 2. The van der Waals surface area contributed by atoms with Crippen LogP contribution < -0.4 is 10.6 Å². The largest absolute Gasteiger partial charge is 0.466 e. The summed E-state index contributed by atoms with van der Waals surface area (Å²) in [6, 6.07) is 0. The number of thiazole rings is 1. The Morgan fingerprint density at radius 3 is 2.78 bits per heavy atom. The summed E-state index contributed by atoms with van der Waals surface area (Å²) in [7, 11) is 0. The summed E-state index contributed by atoms with van der Waals surface area (Å²) in [6.45, 7) is 8.53. The number of guanidine groups is 1. The van der Waals surface area contributed by atoms with Gasteiger partial charge in [0, 0.05) is 43.5 Å². The van der Waals surface area contributed by atoms with Crippen molar-refractivity contribution < 1.29 is 9.53 Å². The molecule has 1 heterocycles. The molecule has 1 aromatic rings. The predicted molar refractivity (Wildman–Crippen MR) is 106 cm³/mol. The fourth-order valence-electron chi connectivity index (χ4n) is 1.79. The molecule has 0 fully saturated rings. The fraction of sp³-hybridized carbons (Fsp3) is 0.667. The molecule has 0 bridgehead atoms. The molecule has 0 aliphatic carbocycles. The van der Waals surface area contributed by atoms with Crippen LogP contribution in [-0.4, -0.2) is 43.2 Å². The molecule has 0 aromatic carbocycles. The van der Waals surface area contributed by atoms with Crippen molar-refractivity contribution in [2.45, 2.75) is 40.0 Å². The van der Waals surface area contributed by atoms with Crippen molar-refractivity contribution in [2.24, 2.45) is 4.99 Å². The number of aliphatic imine (C=N–C) groups is 1. The molecular weight excluding hydrogens is 427 g/mol. The van der Waals surface area contributed by atoms with Crippen LogP contribution in [0, 0.1) is 6.92 Å². The highest BCUT2D eigenvalue weighted by Gasteiger charge is 2.02. The number of aromatic nitrogens is 1. The van der Waals surface area contributed by atoms with Crippen LogP contribution >= 0.6 is 35.3 Å². The molecule has 0 aliphatic rings. The van der Waals surface area contributed by atoms with Crippen LogP contribution in [0.15, 0.2) is 11.2 Å². The number of hydrogen-bond acceptors (Lipinski definition) is 5. The van der Waals surface area contributed by atoms with E-state index in [1.807, 2.05) is 20.0 Å². The number of rotatable bonds is 9. The Balaban J connectivity index is 0.00000484. The predicted octanol–water partition coefficient (Wildman–Crippen LogP) is 2.51. The minimum atomic E-state index is -0.158. The second kappa shape index (κ2) is 13.5. The van der Waals surface area contributed by atoms with E-state index in [2.05, 4.69) is 27.5 Å². The standard InChI is InChI=1S/C15H26N4O2S.HI/c1-4-16-15(17-9-6-7-14(20)21-5-2)18-10-8-13-19-11-12(3)22-13;/h11H,4-10H2,1-3H3,(H2,16,17,18);1H. The molecule has 8 heteroatoms. The summed E-state index contributed by atoms with van der Waals surface area (Å²) in [5.41, 5.74) is 0. The first-order chi connectivity index (χ1) is 10.7. The van der Waals surface area contributed by atoms with Gasteiger partial charge in [-0.2, -0.15) is 0 Å². The molecule has 2 N–H and O–H groups in total. The molecule has 0 saturated carbocycles. The fourth-order valence-corrected chi connectivity index (χ4v) is 2.58. The summed E-state index contributed by atoms with van der Waals surface area (Å²) in [6.07, 6.45) is 3.89. The van der Waals surface area contributed by atoms with Crippen LogP contribution in [0.25, 0.3) is 0 Å². The normalized spacial score (nSPS) is 10.8. The third-order valence-electron chi connectivity index (χ3n) is 2.76. The van der Waals surface area contributed by atoms with Gasteiger partial charge in [0.15, 0.2) is 5.96 Å². The lowest BCUT2D eigenvalue weighted by Gasteiger charge is -2.10. The van der Waals surface area contributed by atoms with Crippen LogP contribution in [0.3, 0.4) is 0 Å². The second-order valence-electron chi connectivity index (χ2n) is 4.71. The Bertz CT molecular complexity index is 480. The van der Waals surface area contributed by atoms with E-state index in [-0.39, 0.29) is 29.9 Å². The Hall–Kier alpha value is -0.900. The maximum Gasteiger partial charge on any atom is 0.305 e. The molecule has 6 nitrogen and oxygen atoms in total. The lowest BCUT2D eigenvalue weighted by atomic mass is 10.3. The zero-order valence-corrected chi connectivity index (χ0v) is 17.2. The highest BCUT2D eigenvalue weighted by Crippen LogP contribution is 2.10. The van der Waals surface area contributed by atoms with Gasteiger partial charge in [0.1, 0.15) is 0 Å². The monoisotopic (exact) mass is 454 g/mol. The van der Waals surface area contributed by atoms with E-state index in [4.69, 9.17) is 4.74 Å². The molecule has 0 saturated heterocycles. The van der Waals surface area contributed by atoms with Crippen molar-refractivity contribution in [3.8, 4) is 0 Å². The Labute approximate surface area is 159 Å². The molecule has 0 unspecified atom stereocenters. The number of esters is 1. The highest BCUT2D eigenvalue weighted by atomic mass is 127. The van der Waals surface area contributed by atoms with Crippen LogP contribution in [0.5, 0.6) is 0 Å². The topological polar surface area (TPSA) is 75.6 Å². The highest BCUT2D eigenvalue weighted by molar-refractivity contribution is 14.0. The SMILES string of the molecule is CCNC(=NCCCC(=O)OCC)NCCc1ncc(C)s1.I. The van der Waals surface area contributed by atoms with Crippen molar-refractivity contribution in [3.05, 3.63) is 16.1 Å². The molecule has 0 aliphatic heterocycles. The van der Waals surface area contributed by atoms with E-state index < -0.39 is 0 Å². The van der Waals surface area contributed by atoms with Crippen LogP contribution in [0.4, 0.5) is 0 Å². The Kier molecular flexibility index (Phi) is 13.0. The van der Waals surface area contributed by atoms with Crippen LogP contribution in [0.2, 0.25) is 0 Å². The number of nitrogens with one attached hydrogen (secondary N) is 2. The van der Waals surface area contributed by atoms with Gasteiger partial charge in [-0.3, -0.25) is 9.79 Å². The summed E-state index contributed by atoms with van der Waals surface area (Å²) in [5.74, 6) is 0.620. The molecule has 23 heavy (non-hydrogen) atoms. The van der Waals surface area contributed by atoms with Gasteiger partial charge in [0.05, 0.1) is 11.6 Å². The van der Waals surface area contributed by atoms with E-state index in [0.717, 1.165) is 30.5 Å². The molecule has 1 aromatic heterocycles. The van der Waals surface area contributed by atoms with Gasteiger partial charge < -0.3 is 15.4 Å². The summed E-state index contributed by atoms with van der Waals surface area (Å²) in [4.78, 5) is 21.3. The van der Waals surface area contributed by atoms with Gasteiger partial charge in [-0.05, 0) is 27.2 Å². The third kappa shape index (κ3) is 10.5. The third-order valence-corrected chi connectivity index (χ3v) is 3.73. The van der Waals surface area contributed by atoms with Crippen molar-refractivity contribution in [3.63, 3.8) is 0 Å². The number of ether oxygens (including phenoxy) is 1. The number of halogens is 1. The lowest BCUT2D eigenvalue weighted by molar-refractivity contribution is -0.143. The minimum absolute atomic E-state index is 0. The van der Waals surface area contributed by atoms with E-state index in [1.54, 1.807) is 11.3 Å². The zero-order chi connectivity index (χ0) is 16.2. The van der Waals surface area contributed by atoms with Gasteiger partial charge >= 0.3 is 5.97 Å². The first-order valence-corrected chi connectivity index (χ1v) is 8.56. The van der Waals surface area contributed by atoms with Crippen molar-refractivity contribution in [2.75, 3.05) is 26.2 Å². The van der Waals surface area contributed by atoms with Gasteiger partial charge in [-0.1, -0.05) is 0 Å². The summed E-state index contributed by atoms with van der Waals surface area (Å²) < 4.78 is 4.89. The van der Waals surface area contributed by atoms with Gasteiger partial charge in [0.25, 0.3) is 0 Å². The quantitative estimate of drug-likeness (QED) is 0.197. The van der Waals surface area contributed by atoms with Gasteiger partial charge in [-0.25, -0.2) is 4.98 Å². The molecule has 0 radical (unpaired) electrons. The molecule has 0 spiro atoms. The Morgan fingerprint density at radius 1 is 1.39 bits per heavy atom. The van der Waals surface area contributed by atoms with Crippen LogP contribution in [-0.2, 0) is 16.0 Å². The maximum absolute atomic E-state index is 11.2. The number of aryl methyl sites for hydroxylation is 1. The number of nitrogens with zero attached hydrogens (tertiary/aromatic N) is 2. The van der Waals surface area contributed by atoms with E-state index >= 15 is 0 Å².